The number of nitrogens with zero attached hydrogens (tertiary/aromatic N) is 1. The lowest BCUT2D eigenvalue weighted by Crippen LogP contribution is -2.34. The minimum atomic E-state index is -0.376. The summed E-state index contributed by atoms with van der Waals surface area (Å²) in [5.41, 5.74) is 6.71. The second kappa shape index (κ2) is 6.56. The molecule has 0 spiro atoms. The molecule has 0 fully saturated rings. The van der Waals surface area contributed by atoms with Crippen LogP contribution in [0.5, 0.6) is 0 Å². The minimum Gasteiger partial charge on any atom is -0.469 e. The van der Waals surface area contributed by atoms with Gasteiger partial charge in [0, 0.05) is 19.3 Å². The summed E-state index contributed by atoms with van der Waals surface area (Å²) in [6.45, 7) is 2.00. The Morgan fingerprint density at radius 1 is 1.47 bits per heavy atom. The van der Waals surface area contributed by atoms with Crippen molar-refractivity contribution in [2.75, 3.05) is 26.4 Å². The van der Waals surface area contributed by atoms with Crippen molar-refractivity contribution in [1.29, 1.82) is 0 Å². The quantitative estimate of drug-likeness (QED) is 0.677. The van der Waals surface area contributed by atoms with Gasteiger partial charge in [-0.05, 0) is 28.1 Å². The van der Waals surface area contributed by atoms with Crippen molar-refractivity contribution in [3.63, 3.8) is 0 Å². The number of ether oxygens (including phenoxy) is 1. The Hall–Kier alpha value is -1.56. The zero-order chi connectivity index (χ0) is 14.6. The summed E-state index contributed by atoms with van der Waals surface area (Å²) < 4.78 is 5.20. The van der Waals surface area contributed by atoms with Gasteiger partial charge >= 0.3 is 5.97 Å². The lowest BCUT2D eigenvalue weighted by atomic mass is 10.1. The molecule has 6 heteroatoms. The largest absolute Gasteiger partial charge is 0.469 e. The van der Waals surface area contributed by atoms with Crippen LogP contribution >= 0.6 is 15.9 Å². The molecule has 1 atom stereocenters. The first-order valence-electron chi connectivity index (χ1n) is 5.75. The summed E-state index contributed by atoms with van der Waals surface area (Å²) >= 11 is 3.29. The van der Waals surface area contributed by atoms with Crippen LogP contribution < -0.4 is 5.73 Å². The molecule has 0 aliphatic carbocycles. The maximum atomic E-state index is 12.3. The second-order valence-electron chi connectivity index (χ2n) is 4.32. The average molecular weight is 329 g/mol. The molecule has 5 nitrogen and oxygen atoms in total. The van der Waals surface area contributed by atoms with Gasteiger partial charge in [0.05, 0.1) is 23.1 Å². The Morgan fingerprint density at radius 2 is 2.11 bits per heavy atom. The highest BCUT2D eigenvalue weighted by Gasteiger charge is 2.21. The van der Waals surface area contributed by atoms with Crippen LogP contribution in [0.25, 0.3) is 0 Å². The fourth-order valence-corrected chi connectivity index (χ4v) is 2.12. The zero-order valence-corrected chi connectivity index (χ0v) is 12.7. The molecule has 1 aromatic carbocycles. The van der Waals surface area contributed by atoms with Gasteiger partial charge in [0.1, 0.15) is 0 Å². The number of benzene rings is 1. The first-order chi connectivity index (χ1) is 8.88. The van der Waals surface area contributed by atoms with Crippen molar-refractivity contribution >= 4 is 33.5 Å². The summed E-state index contributed by atoms with van der Waals surface area (Å²) in [7, 11) is 2.96. The van der Waals surface area contributed by atoms with E-state index in [1.165, 1.54) is 12.0 Å². The van der Waals surface area contributed by atoms with Crippen LogP contribution in [0.4, 0.5) is 5.69 Å². The molecule has 0 saturated carbocycles. The molecular weight excluding hydrogens is 312 g/mol. The van der Waals surface area contributed by atoms with E-state index in [9.17, 15) is 9.59 Å². The fraction of sp³-hybridized carbons (Fsp3) is 0.385. The molecule has 1 rings (SSSR count). The number of anilines is 1. The van der Waals surface area contributed by atoms with Crippen molar-refractivity contribution in [3.05, 3.63) is 28.2 Å². The van der Waals surface area contributed by atoms with Crippen molar-refractivity contribution in [2.24, 2.45) is 5.92 Å². The van der Waals surface area contributed by atoms with Crippen LogP contribution in [0, 0.1) is 5.92 Å². The maximum Gasteiger partial charge on any atom is 0.310 e. The number of esters is 1. The molecule has 104 valence electrons. The van der Waals surface area contributed by atoms with Crippen LogP contribution in [0.1, 0.15) is 17.3 Å². The summed E-state index contributed by atoms with van der Waals surface area (Å²) in [4.78, 5) is 25.1. The molecule has 2 N–H and O–H groups in total. The summed E-state index contributed by atoms with van der Waals surface area (Å²) in [5.74, 6) is -0.917. The van der Waals surface area contributed by atoms with E-state index in [4.69, 9.17) is 5.73 Å². The number of nitrogen functional groups attached to an aromatic ring is 1. The third-order valence-corrected chi connectivity index (χ3v) is 3.64. The molecule has 0 radical (unpaired) electrons. The smallest absolute Gasteiger partial charge is 0.310 e. The molecule has 0 aliphatic rings. The van der Waals surface area contributed by atoms with Crippen molar-refractivity contribution in [3.8, 4) is 0 Å². The van der Waals surface area contributed by atoms with Crippen LogP contribution in [-0.2, 0) is 9.53 Å². The van der Waals surface area contributed by atoms with Crippen molar-refractivity contribution in [1.82, 2.24) is 4.90 Å². The zero-order valence-electron chi connectivity index (χ0n) is 11.1. The third kappa shape index (κ3) is 3.70. The van der Waals surface area contributed by atoms with E-state index in [-0.39, 0.29) is 24.3 Å². The van der Waals surface area contributed by atoms with E-state index in [0.717, 1.165) is 0 Å². The number of amides is 1. The van der Waals surface area contributed by atoms with Crippen molar-refractivity contribution in [2.45, 2.75) is 6.92 Å². The standard InChI is InChI=1S/C13H17BrN2O3/c1-8(13(18)19-3)7-16(2)12(17)9-5-4-6-10(15)11(9)14/h4-6,8H,7,15H2,1-3H3. The molecule has 0 saturated heterocycles. The van der Waals surface area contributed by atoms with Gasteiger partial charge in [-0.3, -0.25) is 9.59 Å². The van der Waals surface area contributed by atoms with E-state index in [1.807, 2.05) is 0 Å². The molecule has 19 heavy (non-hydrogen) atoms. The number of nitrogens with two attached hydrogens (primary N) is 1. The number of rotatable bonds is 4. The predicted molar refractivity (Wildman–Crippen MR) is 76.7 cm³/mol. The maximum absolute atomic E-state index is 12.3. The summed E-state index contributed by atoms with van der Waals surface area (Å²) in [5, 5.41) is 0. The normalized spacial score (nSPS) is 11.8. The Kier molecular flexibility index (Phi) is 5.35. The average Bonchev–Trinajstić information content (AvgIpc) is 2.39. The molecule has 1 amide bonds. The van der Waals surface area contributed by atoms with Crippen LogP contribution in [0.15, 0.2) is 22.7 Å². The first kappa shape index (κ1) is 15.5. The number of halogens is 1. The molecular formula is C13H17BrN2O3. The summed E-state index contributed by atoms with van der Waals surface area (Å²) in [6.07, 6.45) is 0. The van der Waals surface area contributed by atoms with Gasteiger partial charge in [0.15, 0.2) is 0 Å². The predicted octanol–water partition coefficient (Wildman–Crippen LogP) is 1.91. The number of hydrogen-bond acceptors (Lipinski definition) is 4. The van der Waals surface area contributed by atoms with E-state index in [2.05, 4.69) is 20.7 Å². The molecule has 0 heterocycles. The van der Waals surface area contributed by atoms with Gasteiger partial charge in [0.2, 0.25) is 0 Å². The van der Waals surface area contributed by atoms with Crippen LogP contribution in [-0.4, -0.2) is 37.5 Å². The second-order valence-corrected chi connectivity index (χ2v) is 5.11. The Balaban J connectivity index is 2.83. The van der Waals surface area contributed by atoms with Gasteiger partial charge < -0.3 is 15.4 Å². The van der Waals surface area contributed by atoms with Gasteiger partial charge in [0.25, 0.3) is 5.91 Å². The SMILES string of the molecule is COC(=O)C(C)CN(C)C(=O)c1cccc(N)c1Br. The molecule has 0 bridgehead atoms. The lowest BCUT2D eigenvalue weighted by molar-refractivity contribution is -0.145. The highest BCUT2D eigenvalue weighted by atomic mass is 79.9. The third-order valence-electron chi connectivity index (χ3n) is 2.76. The Bertz CT molecular complexity index is 491. The van der Waals surface area contributed by atoms with Crippen molar-refractivity contribution < 1.29 is 14.3 Å². The van der Waals surface area contributed by atoms with E-state index in [1.54, 1.807) is 32.2 Å². The fourth-order valence-electron chi connectivity index (χ4n) is 1.69. The number of carbonyl (C=O) groups excluding carboxylic acids is 2. The minimum absolute atomic E-state index is 0.199. The Labute approximate surface area is 120 Å². The van der Waals surface area contributed by atoms with Crippen LogP contribution in [0.2, 0.25) is 0 Å². The van der Waals surface area contributed by atoms with Gasteiger partial charge in [-0.25, -0.2) is 0 Å². The highest BCUT2D eigenvalue weighted by molar-refractivity contribution is 9.10. The van der Waals surface area contributed by atoms with Crippen LogP contribution in [0.3, 0.4) is 0 Å². The molecule has 1 unspecified atom stereocenters. The van der Waals surface area contributed by atoms with Gasteiger partial charge in [-0.1, -0.05) is 13.0 Å². The van der Waals surface area contributed by atoms with E-state index < -0.39 is 0 Å². The summed E-state index contributed by atoms with van der Waals surface area (Å²) in [6, 6.07) is 5.10. The highest BCUT2D eigenvalue weighted by Crippen LogP contribution is 2.24. The topological polar surface area (TPSA) is 72.6 Å². The number of hydrogen-bond donors (Lipinski definition) is 1. The molecule has 0 aromatic heterocycles. The van der Waals surface area contributed by atoms with Gasteiger partial charge in [-0.2, -0.15) is 0 Å². The monoisotopic (exact) mass is 328 g/mol. The van der Waals surface area contributed by atoms with Gasteiger partial charge in [-0.15, -0.1) is 0 Å². The lowest BCUT2D eigenvalue weighted by Gasteiger charge is -2.21. The number of carbonyl (C=O) groups is 2. The van der Waals surface area contributed by atoms with E-state index in [0.29, 0.717) is 15.7 Å². The Morgan fingerprint density at radius 3 is 2.68 bits per heavy atom. The molecule has 1 aromatic rings. The van der Waals surface area contributed by atoms with E-state index >= 15 is 0 Å². The number of methoxy groups -OCH3 is 1. The first-order valence-corrected chi connectivity index (χ1v) is 6.55. The molecule has 0 aliphatic heterocycles.